The van der Waals surface area contributed by atoms with Gasteiger partial charge in [0.05, 0.1) is 0 Å². The molecule has 1 amide bonds. The second-order valence-electron chi connectivity index (χ2n) is 2.62. The summed E-state index contributed by atoms with van der Waals surface area (Å²) in [4.78, 5) is 13.1. The van der Waals surface area contributed by atoms with Crippen LogP contribution in [0.2, 0.25) is 0 Å². The first-order valence-electron chi connectivity index (χ1n) is 3.93. The fourth-order valence-corrected chi connectivity index (χ4v) is 1.26. The predicted octanol–water partition coefficient (Wildman–Crippen LogP) is -0.170. The molecule has 5 nitrogen and oxygen atoms in total. The molecular formula is C7H12N4OS. The quantitative estimate of drug-likeness (QED) is 0.733. The minimum absolute atomic E-state index is 0.0796. The van der Waals surface area contributed by atoms with Crippen molar-refractivity contribution in [3.8, 4) is 0 Å². The molecule has 0 aliphatic carbocycles. The summed E-state index contributed by atoms with van der Waals surface area (Å²) in [5.41, 5.74) is 0.420. The minimum atomic E-state index is -0.0796. The zero-order valence-electron chi connectivity index (χ0n) is 7.65. The fraction of sp³-hybridized carbons (Fsp3) is 0.571. The van der Waals surface area contributed by atoms with E-state index in [-0.39, 0.29) is 5.91 Å². The molecule has 0 atom stereocenters. The molecule has 6 heteroatoms. The van der Waals surface area contributed by atoms with Crippen molar-refractivity contribution in [1.82, 2.24) is 19.8 Å². The van der Waals surface area contributed by atoms with Gasteiger partial charge in [-0.2, -0.15) is 0 Å². The Labute approximate surface area is 80.9 Å². The lowest BCUT2D eigenvalue weighted by Gasteiger charge is -2.14. The molecule has 0 unspecified atom stereocenters. The lowest BCUT2D eigenvalue weighted by molar-refractivity contribution is 0.0791. The lowest BCUT2D eigenvalue weighted by atomic mass is 10.4. The van der Waals surface area contributed by atoms with Crippen LogP contribution in [0.1, 0.15) is 10.5 Å². The molecule has 13 heavy (non-hydrogen) atoms. The monoisotopic (exact) mass is 200 g/mol. The second-order valence-corrected chi connectivity index (χ2v) is 3.23. The van der Waals surface area contributed by atoms with Crippen LogP contribution in [0.25, 0.3) is 0 Å². The molecule has 0 aliphatic heterocycles. The molecule has 0 bridgehead atoms. The van der Waals surface area contributed by atoms with E-state index in [4.69, 9.17) is 0 Å². The Morgan fingerprint density at radius 2 is 2.54 bits per heavy atom. The van der Waals surface area contributed by atoms with Crippen molar-refractivity contribution in [2.75, 3.05) is 27.2 Å². The summed E-state index contributed by atoms with van der Waals surface area (Å²) in [6, 6.07) is 0. The van der Waals surface area contributed by atoms with Gasteiger partial charge < -0.3 is 10.2 Å². The first-order chi connectivity index (χ1) is 6.25. The van der Waals surface area contributed by atoms with Gasteiger partial charge in [-0.15, -0.1) is 5.10 Å². The number of amides is 1. The van der Waals surface area contributed by atoms with E-state index in [1.807, 2.05) is 7.05 Å². The molecule has 0 radical (unpaired) electrons. The lowest BCUT2D eigenvalue weighted by Crippen LogP contribution is -2.32. The third kappa shape index (κ3) is 2.74. The number of hydrogen-bond acceptors (Lipinski definition) is 5. The van der Waals surface area contributed by atoms with Crippen molar-refractivity contribution >= 4 is 17.4 Å². The Balaban J connectivity index is 2.48. The number of carbonyl (C=O) groups excluding carboxylic acids is 1. The molecule has 1 rings (SSSR count). The molecule has 0 aromatic carbocycles. The molecule has 0 saturated carbocycles. The zero-order chi connectivity index (χ0) is 9.68. The Bertz CT molecular complexity index is 261. The van der Waals surface area contributed by atoms with Crippen LogP contribution in [0.3, 0.4) is 0 Å². The molecule has 1 heterocycles. The highest BCUT2D eigenvalue weighted by Gasteiger charge is 2.13. The number of aromatic nitrogens is 2. The van der Waals surface area contributed by atoms with Crippen molar-refractivity contribution in [3.05, 3.63) is 11.1 Å². The second kappa shape index (κ2) is 4.88. The highest BCUT2D eigenvalue weighted by Crippen LogP contribution is 2.00. The molecule has 1 aromatic rings. The summed E-state index contributed by atoms with van der Waals surface area (Å²) in [5, 5.41) is 8.32. The van der Waals surface area contributed by atoms with E-state index in [9.17, 15) is 4.79 Å². The topological polar surface area (TPSA) is 58.1 Å². The summed E-state index contributed by atoms with van der Waals surface area (Å²) in [6.45, 7) is 1.45. The van der Waals surface area contributed by atoms with Crippen LogP contribution < -0.4 is 5.32 Å². The molecular weight excluding hydrogens is 188 g/mol. The maximum absolute atomic E-state index is 11.5. The van der Waals surface area contributed by atoms with Crippen LogP contribution in [0.15, 0.2) is 5.38 Å². The van der Waals surface area contributed by atoms with Gasteiger partial charge in [0.15, 0.2) is 5.69 Å². The Morgan fingerprint density at radius 3 is 3.08 bits per heavy atom. The van der Waals surface area contributed by atoms with Crippen LogP contribution in [-0.2, 0) is 0 Å². The third-order valence-corrected chi connectivity index (χ3v) is 2.13. The average Bonchev–Trinajstić information content (AvgIpc) is 2.65. The van der Waals surface area contributed by atoms with E-state index >= 15 is 0 Å². The zero-order valence-corrected chi connectivity index (χ0v) is 8.47. The van der Waals surface area contributed by atoms with Gasteiger partial charge in [-0.05, 0) is 18.6 Å². The molecule has 1 aromatic heterocycles. The van der Waals surface area contributed by atoms with Gasteiger partial charge in [0, 0.05) is 25.5 Å². The average molecular weight is 200 g/mol. The van der Waals surface area contributed by atoms with Crippen LogP contribution in [0, 0.1) is 0 Å². The molecule has 1 N–H and O–H groups in total. The Hall–Kier alpha value is -1.01. The van der Waals surface area contributed by atoms with E-state index in [2.05, 4.69) is 14.9 Å². The Morgan fingerprint density at radius 1 is 1.77 bits per heavy atom. The van der Waals surface area contributed by atoms with Crippen LogP contribution in [0.4, 0.5) is 0 Å². The highest BCUT2D eigenvalue weighted by atomic mass is 32.1. The summed E-state index contributed by atoms with van der Waals surface area (Å²) >= 11 is 1.18. The van der Waals surface area contributed by atoms with E-state index in [0.717, 1.165) is 6.54 Å². The number of likely N-dealkylation sites (N-methyl/N-ethyl adjacent to an activating group) is 2. The van der Waals surface area contributed by atoms with Crippen molar-refractivity contribution in [3.63, 3.8) is 0 Å². The van der Waals surface area contributed by atoms with Crippen LogP contribution >= 0.6 is 11.5 Å². The van der Waals surface area contributed by atoms with Gasteiger partial charge in [-0.25, -0.2) is 0 Å². The number of nitrogens with zero attached hydrogens (tertiary/aromatic N) is 3. The molecule has 0 fully saturated rings. The van der Waals surface area contributed by atoms with Gasteiger partial charge in [-0.3, -0.25) is 4.79 Å². The summed E-state index contributed by atoms with van der Waals surface area (Å²) in [6.07, 6.45) is 0. The van der Waals surface area contributed by atoms with E-state index < -0.39 is 0 Å². The first kappa shape index (κ1) is 10.1. The van der Waals surface area contributed by atoms with E-state index in [1.54, 1.807) is 17.3 Å². The third-order valence-electron chi connectivity index (χ3n) is 1.62. The predicted molar refractivity (Wildman–Crippen MR) is 50.8 cm³/mol. The number of nitrogens with one attached hydrogen (secondary N) is 1. The molecule has 0 aliphatic rings. The summed E-state index contributed by atoms with van der Waals surface area (Å²) < 4.78 is 3.63. The molecule has 0 saturated heterocycles. The van der Waals surface area contributed by atoms with Crippen molar-refractivity contribution in [2.24, 2.45) is 0 Å². The maximum Gasteiger partial charge on any atom is 0.275 e. The molecule has 0 spiro atoms. The van der Waals surface area contributed by atoms with Gasteiger partial charge in [0.2, 0.25) is 0 Å². The van der Waals surface area contributed by atoms with Crippen LogP contribution in [-0.4, -0.2) is 47.6 Å². The summed E-state index contributed by atoms with van der Waals surface area (Å²) in [5.74, 6) is -0.0796. The van der Waals surface area contributed by atoms with Crippen molar-refractivity contribution < 1.29 is 4.79 Å². The largest absolute Gasteiger partial charge is 0.339 e. The normalized spacial score (nSPS) is 10.0. The van der Waals surface area contributed by atoms with Gasteiger partial charge in [0.25, 0.3) is 5.91 Å². The number of hydrogen-bond donors (Lipinski definition) is 1. The van der Waals surface area contributed by atoms with Crippen LogP contribution in [0.5, 0.6) is 0 Å². The maximum atomic E-state index is 11.5. The molecule has 72 valence electrons. The van der Waals surface area contributed by atoms with Gasteiger partial charge >= 0.3 is 0 Å². The highest BCUT2D eigenvalue weighted by molar-refractivity contribution is 7.03. The van der Waals surface area contributed by atoms with E-state index in [1.165, 1.54) is 11.5 Å². The summed E-state index contributed by atoms with van der Waals surface area (Å²) in [7, 11) is 3.60. The first-order valence-corrected chi connectivity index (χ1v) is 4.76. The standard InChI is InChI=1S/C7H12N4OS/c1-8-3-4-11(2)7(12)6-5-13-10-9-6/h5,8H,3-4H2,1-2H3. The Kier molecular flexibility index (Phi) is 3.78. The number of rotatable bonds is 4. The van der Waals surface area contributed by atoms with E-state index in [0.29, 0.717) is 12.2 Å². The van der Waals surface area contributed by atoms with Gasteiger partial charge in [-0.1, -0.05) is 4.49 Å². The minimum Gasteiger partial charge on any atom is -0.339 e. The van der Waals surface area contributed by atoms with Crippen molar-refractivity contribution in [1.29, 1.82) is 0 Å². The fourth-order valence-electron chi connectivity index (χ4n) is 0.834. The SMILES string of the molecule is CNCCN(C)C(=O)c1csnn1. The number of carbonyl (C=O) groups is 1. The van der Waals surface area contributed by atoms with Crippen molar-refractivity contribution in [2.45, 2.75) is 0 Å². The van der Waals surface area contributed by atoms with Gasteiger partial charge in [0.1, 0.15) is 0 Å². The smallest absolute Gasteiger partial charge is 0.275 e.